The number of hydrogen-bond acceptors (Lipinski definition) is 2. The fourth-order valence-corrected chi connectivity index (χ4v) is 7.22. The minimum absolute atomic E-state index is 1.13. The molecule has 8 aromatic rings. The van der Waals surface area contributed by atoms with Gasteiger partial charge in [0.05, 0.1) is 0 Å². The van der Waals surface area contributed by atoms with Crippen molar-refractivity contribution in [2.24, 2.45) is 0 Å². The van der Waals surface area contributed by atoms with E-state index in [1.165, 1.54) is 53.2 Å². The second-order valence-electron chi connectivity index (χ2n) is 10.6. The first-order valence-electron chi connectivity index (χ1n) is 14.3. The Hall–Kier alpha value is -5.18. The van der Waals surface area contributed by atoms with Crippen LogP contribution in [0.4, 0.5) is 17.1 Å². The van der Waals surface area contributed by atoms with E-state index < -0.39 is 0 Å². The molecule has 1 aromatic heterocycles. The Morgan fingerprint density at radius 1 is 0.381 bits per heavy atom. The Kier molecular flexibility index (Phi) is 6.05. The molecule has 0 amide bonds. The Morgan fingerprint density at radius 3 is 1.86 bits per heavy atom. The molecule has 0 bridgehead atoms. The summed E-state index contributed by atoms with van der Waals surface area (Å²) >= 11 is 1.87. The van der Waals surface area contributed by atoms with E-state index in [9.17, 15) is 0 Å². The molecule has 7 aromatic carbocycles. The van der Waals surface area contributed by atoms with Gasteiger partial charge in [0, 0.05) is 37.2 Å². The maximum atomic E-state index is 2.35. The van der Waals surface area contributed by atoms with Gasteiger partial charge < -0.3 is 4.90 Å². The van der Waals surface area contributed by atoms with Crippen LogP contribution in [0.3, 0.4) is 0 Å². The lowest BCUT2D eigenvalue weighted by atomic mass is 9.94. The van der Waals surface area contributed by atoms with Gasteiger partial charge in [0.25, 0.3) is 0 Å². The van der Waals surface area contributed by atoms with Crippen molar-refractivity contribution in [1.29, 1.82) is 0 Å². The predicted molar refractivity (Wildman–Crippen MR) is 182 cm³/mol. The standard InChI is InChI=1S/C40H27NS/c1-3-11-28(12-4-1)29-21-24-33(25-22-29)41(32-15-5-2-6-16-32)34-17-9-14-31(27-34)35-19-10-13-30-23-26-38-40(39(30)35)36-18-7-8-20-37(36)42-38/h1-27H. The number of benzene rings is 7. The van der Waals surface area contributed by atoms with Crippen molar-refractivity contribution in [3.63, 3.8) is 0 Å². The minimum Gasteiger partial charge on any atom is -0.310 e. The first-order chi connectivity index (χ1) is 20.8. The number of rotatable bonds is 5. The summed E-state index contributed by atoms with van der Waals surface area (Å²) in [6.07, 6.45) is 0. The Bertz CT molecular complexity index is 2180. The van der Waals surface area contributed by atoms with E-state index in [1.807, 2.05) is 11.3 Å². The zero-order chi connectivity index (χ0) is 27.9. The van der Waals surface area contributed by atoms with Crippen molar-refractivity contribution in [1.82, 2.24) is 0 Å². The van der Waals surface area contributed by atoms with Crippen LogP contribution in [-0.2, 0) is 0 Å². The number of para-hydroxylation sites is 1. The third-order valence-electron chi connectivity index (χ3n) is 8.05. The number of fused-ring (bicyclic) bond motifs is 5. The van der Waals surface area contributed by atoms with Crippen molar-refractivity contribution < 1.29 is 0 Å². The normalized spacial score (nSPS) is 11.3. The monoisotopic (exact) mass is 553 g/mol. The largest absolute Gasteiger partial charge is 0.310 e. The summed E-state index contributed by atoms with van der Waals surface area (Å²) in [6.45, 7) is 0. The van der Waals surface area contributed by atoms with Gasteiger partial charge in [0.1, 0.15) is 0 Å². The van der Waals surface area contributed by atoms with Gasteiger partial charge in [-0.1, -0.05) is 115 Å². The smallest absolute Gasteiger partial charge is 0.0467 e. The summed E-state index contributed by atoms with van der Waals surface area (Å²) in [7, 11) is 0. The highest BCUT2D eigenvalue weighted by Crippen LogP contribution is 2.43. The maximum Gasteiger partial charge on any atom is 0.0467 e. The zero-order valence-corrected chi connectivity index (χ0v) is 23.8. The van der Waals surface area contributed by atoms with Crippen molar-refractivity contribution >= 4 is 59.3 Å². The lowest BCUT2D eigenvalue weighted by Crippen LogP contribution is -2.09. The number of hydrogen-bond donors (Lipinski definition) is 0. The average Bonchev–Trinajstić information content (AvgIpc) is 3.45. The second-order valence-corrected chi connectivity index (χ2v) is 11.7. The van der Waals surface area contributed by atoms with Crippen molar-refractivity contribution in [2.75, 3.05) is 4.90 Å². The molecular formula is C40H27NS. The van der Waals surface area contributed by atoms with Crippen molar-refractivity contribution in [2.45, 2.75) is 0 Å². The second kappa shape index (κ2) is 10.3. The Balaban J connectivity index is 1.30. The molecule has 0 saturated carbocycles. The van der Waals surface area contributed by atoms with Gasteiger partial charge >= 0.3 is 0 Å². The van der Waals surface area contributed by atoms with E-state index in [0.29, 0.717) is 0 Å². The molecular weight excluding hydrogens is 527 g/mol. The Labute approximate surface area is 249 Å². The SMILES string of the molecule is c1ccc(-c2ccc(N(c3ccccc3)c3cccc(-c4cccc5ccc6sc7ccccc7c6c45)c3)cc2)cc1. The van der Waals surface area contributed by atoms with Crippen molar-refractivity contribution in [3.05, 3.63) is 164 Å². The molecule has 1 heterocycles. The van der Waals surface area contributed by atoms with Crippen LogP contribution >= 0.6 is 11.3 Å². The first-order valence-corrected chi connectivity index (χ1v) is 15.1. The molecule has 0 atom stereocenters. The van der Waals surface area contributed by atoms with E-state index in [4.69, 9.17) is 0 Å². The summed E-state index contributed by atoms with van der Waals surface area (Å²) in [4.78, 5) is 2.35. The lowest BCUT2D eigenvalue weighted by molar-refractivity contribution is 1.28. The molecule has 0 spiro atoms. The van der Waals surface area contributed by atoms with Crippen LogP contribution in [0.1, 0.15) is 0 Å². The van der Waals surface area contributed by atoms with Crippen LogP contribution in [0.5, 0.6) is 0 Å². The zero-order valence-electron chi connectivity index (χ0n) is 22.9. The number of nitrogens with zero attached hydrogens (tertiary/aromatic N) is 1. The molecule has 0 aliphatic rings. The molecule has 0 saturated heterocycles. The van der Waals surface area contributed by atoms with E-state index in [0.717, 1.165) is 17.1 Å². The van der Waals surface area contributed by atoms with Crippen molar-refractivity contribution in [3.8, 4) is 22.3 Å². The molecule has 0 aliphatic carbocycles. The van der Waals surface area contributed by atoms with E-state index in [2.05, 4.69) is 169 Å². The van der Waals surface area contributed by atoms with Crippen LogP contribution in [0, 0.1) is 0 Å². The molecule has 2 heteroatoms. The Morgan fingerprint density at radius 2 is 1.02 bits per heavy atom. The highest BCUT2D eigenvalue weighted by Gasteiger charge is 2.16. The average molecular weight is 554 g/mol. The molecule has 8 rings (SSSR count). The van der Waals surface area contributed by atoms with Crippen LogP contribution in [0.2, 0.25) is 0 Å². The topological polar surface area (TPSA) is 3.24 Å². The van der Waals surface area contributed by atoms with E-state index in [1.54, 1.807) is 0 Å². The maximum absolute atomic E-state index is 2.35. The highest BCUT2D eigenvalue weighted by molar-refractivity contribution is 7.26. The van der Waals surface area contributed by atoms with Gasteiger partial charge in [0.15, 0.2) is 0 Å². The lowest BCUT2D eigenvalue weighted by Gasteiger charge is -2.26. The van der Waals surface area contributed by atoms with Gasteiger partial charge in [-0.15, -0.1) is 11.3 Å². The van der Waals surface area contributed by atoms with E-state index >= 15 is 0 Å². The molecule has 0 unspecified atom stereocenters. The van der Waals surface area contributed by atoms with Crippen LogP contribution in [0.25, 0.3) is 53.2 Å². The van der Waals surface area contributed by atoms with Crippen LogP contribution in [0.15, 0.2) is 164 Å². The fourth-order valence-electron chi connectivity index (χ4n) is 6.10. The van der Waals surface area contributed by atoms with Gasteiger partial charge in [-0.2, -0.15) is 0 Å². The minimum atomic E-state index is 1.13. The van der Waals surface area contributed by atoms with Gasteiger partial charge in [-0.25, -0.2) is 0 Å². The number of thiophene rings is 1. The third kappa shape index (κ3) is 4.25. The molecule has 0 fully saturated rings. The molecule has 1 nitrogen and oxygen atoms in total. The van der Waals surface area contributed by atoms with E-state index in [-0.39, 0.29) is 0 Å². The van der Waals surface area contributed by atoms with Crippen LogP contribution < -0.4 is 4.90 Å². The summed E-state index contributed by atoms with van der Waals surface area (Å²) in [5.74, 6) is 0. The quantitative estimate of drug-likeness (QED) is 0.205. The summed E-state index contributed by atoms with van der Waals surface area (Å²) in [5, 5.41) is 5.27. The van der Waals surface area contributed by atoms with Gasteiger partial charge in [-0.05, 0) is 81.6 Å². The molecule has 0 N–H and O–H groups in total. The number of anilines is 3. The molecule has 198 valence electrons. The van der Waals surface area contributed by atoms with Gasteiger partial charge in [-0.3, -0.25) is 0 Å². The fraction of sp³-hybridized carbons (Fsp3) is 0. The summed E-state index contributed by atoms with van der Waals surface area (Å²) in [6, 6.07) is 59.1. The van der Waals surface area contributed by atoms with Gasteiger partial charge in [0.2, 0.25) is 0 Å². The highest BCUT2D eigenvalue weighted by atomic mass is 32.1. The van der Waals surface area contributed by atoms with Crippen LogP contribution in [-0.4, -0.2) is 0 Å². The summed E-state index contributed by atoms with van der Waals surface area (Å²) in [5.41, 5.74) is 8.29. The first kappa shape index (κ1) is 24.6. The molecule has 0 aliphatic heterocycles. The predicted octanol–water partition coefficient (Wildman–Crippen LogP) is 12.0. The molecule has 42 heavy (non-hydrogen) atoms. The summed E-state index contributed by atoms with van der Waals surface area (Å²) < 4.78 is 2.66. The molecule has 0 radical (unpaired) electrons. The third-order valence-corrected chi connectivity index (χ3v) is 9.18.